The van der Waals surface area contributed by atoms with Crippen LogP contribution in [0.1, 0.15) is 58.8 Å². The van der Waals surface area contributed by atoms with Crippen molar-refractivity contribution in [2.75, 3.05) is 0 Å². The highest BCUT2D eigenvalue weighted by molar-refractivity contribution is 5.05. The van der Waals surface area contributed by atoms with Crippen molar-refractivity contribution in [2.45, 2.75) is 65.0 Å². The SMILES string of the molecule is CC(C)n1ncnc1CC1(O)CCCC1(C)C. The lowest BCUT2D eigenvalue weighted by Gasteiger charge is -2.36. The van der Waals surface area contributed by atoms with Gasteiger partial charge in [0.25, 0.3) is 0 Å². The van der Waals surface area contributed by atoms with E-state index in [4.69, 9.17) is 0 Å². The second-order valence-electron chi connectivity index (χ2n) is 6.16. The highest BCUT2D eigenvalue weighted by Gasteiger charge is 2.48. The van der Waals surface area contributed by atoms with Gasteiger partial charge >= 0.3 is 0 Å². The average Bonchev–Trinajstić information content (AvgIpc) is 2.73. The number of aromatic nitrogens is 3. The van der Waals surface area contributed by atoms with Gasteiger partial charge in [-0.05, 0) is 38.5 Å². The molecular weight excluding hydrogens is 214 g/mol. The lowest BCUT2D eigenvalue weighted by Crippen LogP contribution is -2.42. The van der Waals surface area contributed by atoms with Crippen molar-refractivity contribution in [3.63, 3.8) is 0 Å². The molecule has 96 valence electrons. The van der Waals surface area contributed by atoms with Crippen LogP contribution in [0.2, 0.25) is 0 Å². The molecule has 0 bridgehead atoms. The third kappa shape index (κ3) is 2.10. The van der Waals surface area contributed by atoms with Crippen LogP contribution in [-0.2, 0) is 6.42 Å². The largest absolute Gasteiger partial charge is 0.389 e. The maximum absolute atomic E-state index is 10.8. The maximum Gasteiger partial charge on any atom is 0.138 e. The zero-order chi connectivity index (χ0) is 12.7. The summed E-state index contributed by atoms with van der Waals surface area (Å²) in [5.74, 6) is 0.900. The molecule has 0 aromatic carbocycles. The molecule has 0 radical (unpaired) electrons. The van der Waals surface area contributed by atoms with E-state index in [0.717, 1.165) is 25.1 Å². The van der Waals surface area contributed by atoms with Crippen LogP contribution in [-0.4, -0.2) is 25.5 Å². The van der Waals surface area contributed by atoms with Crippen molar-refractivity contribution >= 4 is 0 Å². The maximum atomic E-state index is 10.8. The molecule has 1 heterocycles. The van der Waals surface area contributed by atoms with Crippen LogP contribution >= 0.6 is 0 Å². The summed E-state index contributed by atoms with van der Waals surface area (Å²) in [6.45, 7) is 8.47. The van der Waals surface area contributed by atoms with Gasteiger partial charge in [0.05, 0.1) is 5.60 Å². The molecule has 1 saturated carbocycles. The molecule has 0 spiro atoms. The quantitative estimate of drug-likeness (QED) is 0.878. The van der Waals surface area contributed by atoms with Crippen LogP contribution < -0.4 is 0 Å². The van der Waals surface area contributed by atoms with Crippen molar-refractivity contribution in [3.05, 3.63) is 12.2 Å². The lowest BCUT2D eigenvalue weighted by atomic mass is 9.75. The normalized spacial score (nSPS) is 27.9. The molecule has 1 aromatic heterocycles. The topological polar surface area (TPSA) is 50.9 Å². The van der Waals surface area contributed by atoms with E-state index in [9.17, 15) is 5.11 Å². The molecule has 17 heavy (non-hydrogen) atoms. The van der Waals surface area contributed by atoms with Gasteiger partial charge in [0.15, 0.2) is 0 Å². The van der Waals surface area contributed by atoms with Gasteiger partial charge in [0.1, 0.15) is 12.2 Å². The van der Waals surface area contributed by atoms with Gasteiger partial charge in [-0.2, -0.15) is 5.10 Å². The van der Waals surface area contributed by atoms with E-state index in [-0.39, 0.29) is 5.41 Å². The van der Waals surface area contributed by atoms with Gasteiger partial charge in [0, 0.05) is 12.5 Å². The highest BCUT2D eigenvalue weighted by Crippen LogP contribution is 2.47. The van der Waals surface area contributed by atoms with Crippen molar-refractivity contribution in [3.8, 4) is 0 Å². The summed E-state index contributed by atoms with van der Waals surface area (Å²) in [5, 5.41) is 15.0. The van der Waals surface area contributed by atoms with Crippen molar-refractivity contribution in [1.29, 1.82) is 0 Å². The van der Waals surface area contributed by atoms with Gasteiger partial charge in [-0.1, -0.05) is 13.8 Å². The van der Waals surface area contributed by atoms with Gasteiger partial charge < -0.3 is 5.11 Å². The monoisotopic (exact) mass is 237 g/mol. The van der Waals surface area contributed by atoms with E-state index in [0.29, 0.717) is 12.5 Å². The van der Waals surface area contributed by atoms with Crippen molar-refractivity contribution in [1.82, 2.24) is 14.8 Å². The van der Waals surface area contributed by atoms with E-state index in [1.54, 1.807) is 6.33 Å². The predicted molar refractivity (Wildman–Crippen MR) is 66.7 cm³/mol. The van der Waals surface area contributed by atoms with Gasteiger partial charge in [-0.25, -0.2) is 9.67 Å². The zero-order valence-electron chi connectivity index (χ0n) is 11.3. The van der Waals surface area contributed by atoms with E-state index in [2.05, 4.69) is 37.8 Å². The fraction of sp³-hybridized carbons (Fsp3) is 0.846. The standard InChI is InChI=1S/C13H23N3O/c1-10(2)16-11(14-9-15-16)8-13(17)7-5-6-12(13,3)4/h9-10,17H,5-8H2,1-4H3. The molecule has 4 heteroatoms. The minimum Gasteiger partial charge on any atom is -0.389 e. The third-order valence-corrected chi connectivity index (χ3v) is 4.24. The van der Waals surface area contributed by atoms with Gasteiger partial charge in [-0.15, -0.1) is 0 Å². The Morgan fingerprint density at radius 2 is 2.12 bits per heavy atom. The van der Waals surface area contributed by atoms with Gasteiger partial charge in [-0.3, -0.25) is 0 Å². The Morgan fingerprint density at radius 3 is 2.65 bits per heavy atom. The van der Waals surface area contributed by atoms with Crippen molar-refractivity contribution in [2.24, 2.45) is 5.41 Å². The minimum absolute atomic E-state index is 0.0270. The first-order chi connectivity index (χ1) is 7.86. The summed E-state index contributed by atoms with van der Waals surface area (Å²) in [6.07, 6.45) is 5.24. The van der Waals surface area contributed by atoms with Crippen LogP contribution in [0.15, 0.2) is 6.33 Å². The number of hydrogen-bond donors (Lipinski definition) is 1. The smallest absolute Gasteiger partial charge is 0.138 e. The minimum atomic E-state index is -0.632. The molecule has 4 nitrogen and oxygen atoms in total. The fourth-order valence-electron chi connectivity index (χ4n) is 2.81. The third-order valence-electron chi connectivity index (χ3n) is 4.24. The summed E-state index contributed by atoms with van der Waals surface area (Å²) in [7, 11) is 0. The van der Waals surface area contributed by atoms with E-state index in [1.165, 1.54) is 0 Å². The first-order valence-electron chi connectivity index (χ1n) is 6.46. The number of aliphatic hydroxyl groups is 1. The van der Waals surface area contributed by atoms with Crippen molar-refractivity contribution < 1.29 is 5.11 Å². The molecule has 2 rings (SSSR count). The predicted octanol–water partition coefficient (Wildman–Crippen LogP) is 2.34. The molecule has 1 aliphatic carbocycles. The Morgan fingerprint density at radius 1 is 1.41 bits per heavy atom. The summed E-state index contributed by atoms with van der Waals surface area (Å²) >= 11 is 0. The Labute approximate surface area is 103 Å². The number of rotatable bonds is 3. The zero-order valence-corrected chi connectivity index (χ0v) is 11.3. The summed E-state index contributed by atoms with van der Waals surface area (Å²) in [6, 6.07) is 0.292. The molecule has 0 amide bonds. The van der Waals surface area contributed by atoms with E-state index in [1.807, 2.05) is 4.68 Å². The van der Waals surface area contributed by atoms with Crippen LogP contribution in [0.4, 0.5) is 0 Å². The fourth-order valence-corrected chi connectivity index (χ4v) is 2.81. The number of nitrogens with zero attached hydrogens (tertiary/aromatic N) is 3. The molecule has 1 aliphatic rings. The molecule has 1 unspecified atom stereocenters. The van der Waals surface area contributed by atoms with Gasteiger partial charge in [0.2, 0.25) is 0 Å². The molecule has 0 aliphatic heterocycles. The van der Waals surface area contributed by atoms with Crippen LogP contribution in [0.5, 0.6) is 0 Å². The van der Waals surface area contributed by atoms with Crippen LogP contribution in [0.3, 0.4) is 0 Å². The highest BCUT2D eigenvalue weighted by atomic mass is 16.3. The second-order valence-corrected chi connectivity index (χ2v) is 6.16. The van der Waals surface area contributed by atoms with Crippen LogP contribution in [0, 0.1) is 5.41 Å². The Bertz CT molecular complexity index is 397. The molecular formula is C13H23N3O. The lowest BCUT2D eigenvalue weighted by molar-refractivity contribution is -0.0443. The Balaban J connectivity index is 2.23. The molecule has 1 aromatic rings. The average molecular weight is 237 g/mol. The van der Waals surface area contributed by atoms with E-state index < -0.39 is 5.60 Å². The first-order valence-corrected chi connectivity index (χ1v) is 6.46. The summed E-state index contributed by atoms with van der Waals surface area (Å²) in [5.41, 5.74) is -0.659. The Hall–Kier alpha value is -0.900. The van der Waals surface area contributed by atoms with E-state index >= 15 is 0 Å². The molecule has 0 saturated heterocycles. The second kappa shape index (κ2) is 4.09. The Kier molecular flexibility index (Phi) is 3.02. The molecule has 1 N–H and O–H groups in total. The molecule has 1 atom stereocenters. The summed E-state index contributed by atoms with van der Waals surface area (Å²) < 4.78 is 1.91. The molecule has 1 fully saturated rings. The van der Waals surface area contributed by atoms with Crippen LogP contribution in [0.25, 0.3) is 0 Å². The number of hydrogen-bond acceptors (Lipinski definition) is 3. The summed E-state index contributed by atoms with van der Waals surface area (Å²) in [4.78, 5) is 4.30. The first kappa shape index (κ1) is 12.6.